The summed E-state index contributed by atoms with van der Waals surface area (Å²) in [4.78, 5) is 9.84. The maximum Gasteiger partial charge on any atom is 0.324 e. The van der Waals surface area contributed by atoms with Crippen LogP contribution in [-0.2, 0) is 4.79 Å². The first kappa shape index (κ1) is 6.94. The fraction of sp³-hybridized carbons (Fsp3) is 0.500. The van der Waals surface area contributed by atoms with E-state index in [0.717, 1.165) is 0 Å². The van der Waals surface area contributed by atoms with Gasteiger partial charge < -0.3 is 5.11 Å². The predicted octanol–water partition coefficient (Wildman–Crippen LogP) is -0.382. The van der Waals surface area contributed by atoms with Gasteiger partial charge in [0, 0.05) is 13.8 Å². The summed E-state index contributed by atoms with van der Waals surface area (Å²) in [6.07, 6.45) is 0. The molecule has 0 fully saturated rings. The Morgan fingerprint density at radius 2 is 2.50 bits per heavy atom. The number of carboxylic acid groups (broad SMARTS) is 1. The lowest BCUT2D eigenvalue weighted by Crippen LogP contribution is -2.19. The van der Waals surface area contributed by atoms with Gasteiger partial charge in [0.15, 0.2) is 0 Å². The van der Waals surface area contributed by atoms with E-state index in [0.29, 0.717) is 0 Å². The van der Waals surface area contributed by atoms with Crippen LogP contribution < -0.4 is 0 Å². The van der Waals surface area contributed by atoms with Gasteiger partial charge in [0.05, 0.1) is 0 Å². The van der Waals surface area contributed by atoms with Gasteiger partial charge in [-0.1, -0.05) is 0 Å². The van der Waals surface area contributed by atoms with Gasteiger partial charge in [-0.15, -0.1) is 0 Å². The van der Waals surface area contributed by atoms with Crippen molar-refractivity contribution in [1.82, 2.24) is 5.01 Å². The molecule has 0 aromatic heterocycles. The Morgan fingerprint density at radius 1 is 2.00 bits per heavy atom. The molecule has 1 N–H and O–H groups in total. The molecule has 4 heteroatoms. The maximum absolute atomic E-state index is 9.84. The third kappa shape index (κ3) is 3.14. The van der Waals surface area contributed by atoms with Gasteiger partial charge in [-0.2, -0.15) is 5.10 Å². The van der Waals surface area contributed by atoms with Gasteiger partial charge in [-0.25, -0.2) is 0 Å². The molecule has 0 saturated carbocycles. The van der Waals surface area contributed by atoms with Crippen LogP contribution in [0.3, 0.4) is 0 Å². The molecule has 0 atom stereocenters. The second-order valence-electron chi connectivity index (χ2n) is 1.35. The van der Waals surface area contributed by atoms with Crippen molar-refractivity contribution in [2.75, 3.05) is 13.6 Å². The van der Waals surface area contributed by atoms with Crippen molar-refractivity contribution < 1.29 is 9.90 Å². The lowest BCUT2D eigenvalue weighted by atomic mass is 10.7. The molecule has 0 bridgehead atoms. The van der Waals surface area contributed by atoms with Crippen LogP contribution in [0.25, 0.3) is 0 Å². The van der Waals surface area contributed by atoms with Crippen LogP contribution in [-0.4, -0.2) is 36.4 Å². The summed E-state index contributed by atoms with van der Waals surface area (Å²) >= 11 is 0. The number of likely N-dealkylation sites (N-methyl/N-ethyl adjacent to an activating group) is 1. The Labute approximate surface area is 47.4 Å². The van der Waals surface area contributed by atoms with Crippen molar-refractivity contribution in [1.29, 1.82) is 0 Å². The lowest BCUT2D eigenvalue weighted by Gasteiger charge is -2.05. The van der Waals surface area contributed by atoms with Crippen LogP contribution in [0.15, 0.2) is 5.10 Å². The fourth-order valence-corrected chi connectivity index (χ4v) is 0.246. The zero-order valence-electron chi connectivity index (χ0n) is 4.66. The number of hydrogen-bond acceptors (Lipinski definition) is 3. The summed E-state index contributed by atoms with van der Waals surface area (Å²) in [5.74, 6) is -0.903. The van der Waals surface area contributed by atoms with E-state index in [4.69, 9.17) is 5.11 Å². The summed E-state index contributed by atoms with van der Waals surface area (Å²) in [5.41, 5.74) is 0. The number of carboxylic acids is 1. The number of hydrazone groups is 1. The first-order valence-corrected chi connectivity index (χ1v) is 2.06. The molecule has 4 nitrogen and oxygen atoms in total. The Balaban J connectivity index is 3.38. The molecule has 0 heterocycles. The van der Waals surface area contributed by atoms with Gasteiger partial charge in [0.2, 0.25) is 0 Å². The van der Waals surface area contributed by atoms with Crippen LogP contribution >= 0.6 is 0 Å². The quantitative estimate of drug-likeness (QED) is 0.404. The van der Waals surface area contributed by atoms with Crippen LogP contribution in [0.2, 0.25) is 0 Å². The van der Waals surface area contributed by atoms with Crippen LogP contribution in [0.4, 0.5) is 0 Å². The smallest absolute Gasteiger partial charge is 0.324 e. The van der Waals surface area contributed by atoms with Crippen LogP contribution in [0, 0.1) is 0 Å². The number of aliphatic carboxylic acids is 1. The molecular weight excluding hydrogens is 108 g/mol. The monoisotopic (exact) mass is 116 g/mol. The van der Waals surface area contributed by atoms with Gasteiger partial charge in [0.25, 0.3) is 0 Å². The van der Waals surface area contributed by atoms with E-state index in [9.17, 15) is 4.79 Å². The van der Waals surface area contributed by atoms with E-state index in [1.807, 2.05) is 0 Å². The standard InChI is InChI=1S/C4H8N2O2/c1-5-6(2)3-4(7)8/h1,3H2,2H3,(H,7,8). The molecular formula is C4H8N2O2. The highest BCUT2D eigenvalue weighted by Gasteiger charge is 1.96. The highest BCUT2D eigenvalue weighted by molar-refractivity contribution is 5.68. The fourth-order valence-electron chi connectivity index (χ4n) is 0.246. The van der Waals surface area contributed by atoms with Crippen molar-refractivity contribution in [3.05, 3.63) is 0 Å². The second kappa shape index (κ2) is 3.01. The van der Waals surface area contributed by atoms with Crippen molar-refractivity contribution >= 4 is 12.7 Å². The lowest BCUT2D eigenvalue weighted by molar-refractivity contribution is -0.137. The van der Waals surface area contributed by atoms with Gasteiger partial charge in [-0.05, 0) is 0 Å². The van der Waals surface area contributed by atoms with E-state index in [2.05, 4.69) is 11.8 Å². The van der Waals surface area contributed by atoms with Crippen LogP contribution in [0.5, 0.6) is 0 Å². The minimum atomic E-state index is -0.903. The first-order chi connectivity index (χ1) is 3.66. The summed E-state index contributed by atoms with van der Waals surface area (Å²) < 4.78 is 0. The topological polar surface area (TPSA) is 52.9 Å². The minimum Gasteiger partial charge on any atom is -0.480 e. The summed E-state index contributed by atoms with van der Waals surface area (Å²) in [7, 11) is 1.54. The zero-order chi connectivity index (χ0) is 6.57. The molecule has 0 amide bonds. The van der Waals surface area contributed by atoms with E-state index < -0.39 is 5.97 Å². The Kier molecular flexibility index (Phi) is 2.61. The highest BCUT2D eigenvalue weighted by atomic mass is 16.4. The first-order valence-electron chi connectivity index (χ1n) is 2.06. The molecule has 0 aliphatic heterocycles. The molecule has 46 valence electrons. The third-order valence-electron chi connectivity index (χ3n) is 0.606. The van der Waals surface area contributed by atoms with Crippen LogP contribution in [0.1, 0.15) is 0 Å². The van der Waals surface area contributed by atoms with Gasteiger partial charge in [-0.3, -0.25) is 9.80 Å². The van der Waals surface area contributed by atoms with Gasteiger partial charge in [0.1, 0.15) is 6.54 Å². The molecule has 0 rings (SSSR count). The third-order valence-corrected chi connectivity index (χ3v) is 0.606. The van der Waals surface area contributed by atoms with E-state index >= 15 is 0 Å². The molecule has 0 aromatic carbocycles. The maximum atomic E-state index is 9.84. The molecule has 0 unspecified atom stereocenters. The molecule has 0 radical (unpaired) electrons. The van der Waals surface area contributed by atoms with Crippen molar-refractivity contribution in [3.63, 3.8) is 0 Å². The minimum absolute atomic E-state index is 0.0938. The Hall–Kier alpha value is -1.06. The van der Waals surface area contributed by atoms with Gasteiger partial charge >= 0.3 is 5.97 Å². The largest absolute Gasteiger partial charge is 0.480 e. The zero-order valence-corrected chi connectivity index (χ0v) is 4.66. The SMILES string of the molecule is C=NN(C)CC(=O)O. The highest BCUT2D eigenvalue weighted by Crippen LogP contribution is 1.77. The molecule has 0 aliphatic rings. The summed E-state index contributed by atoms with van der Waals surface area (Å²) in [6, 6.07) is 0. The average Bonchev–Trinajstić information content (AvgIpc) is 1.65. The van der Waals surface area contributed by atoms with E-state index in [1.165, 1.54) is 5.01 Å². The molecule has 8 heavy (non-hydrogen) atoms. The second-order valence-corrected chi connectivity index (χ2v) is 1.35. The average molecular weight is 116 g/mol. The Morgan fingerprint density at radius 3 is 2.62 bits per heavy atom. The molecule has 0 aromatic rings. The summed E-state index contributed by atoms with van der Waals surface area (Å²) in [6.45, 7) is 3.03. The van der Waals surface area contributed by atoms with E-state index in [-0.39, 0.29) is 6.54 Å². The van der Waals surface area contributed by atoms with Crippen molar-refractivity contribution in [2.24, 2.45) is 5.10 Å². The number of hydrogen-bond donors (Lipinski definition) is 1. The number of rotatable bonds is 3. The van der Waals surface area contributed by atoms with E-state index in [1.54, 1.807) is 7.05 Å². The Bertz CT molecular complexity index is 102. The van der Waals surface area contributed by atoms with Crippen molar-refractivity contribution in [2.45, 2.75) is 0 Å². The molecule has 0 spiro atoms. The predicted molar refractivity (Wildman–Crippen MR) is 29.8 cm³/mol. The van der Waals surface area contributed by atoms with Crippen molar-refractivity contribution in [3.8, 4) is 0 Å². The normalized spacial score (nSPS) is 8.12. The number of nitrogens with zero attached hydrogens (tertiary/aromatic N) is 2. The molecule has 0 saturated heterocycles. The molecule has 0 aliphatic carbocycles. The number of carbonyl (C=O) groups is 1. The summed E-state index contributed by atoms with van der Waals surface area (Å²) in [5, 5.41) is 12.7.